The molecule has 1 unspecified atom stereocenters. The van der Waals surface area contributed by atoms with E-state index in [2.05, 4.69) is 21.7 Å². The summed E-state index contributed by atoms with van der Waals surface area (Å²) in [4.78, 5) is 29.7. The van der Waals surface area contributed by atoms with Crippen LogP contribution in [0.5, 0.6) is 0 Å². The number of aromatic nitrogens is 2. The first-order valence-electron chi connectivity index (χ1n) is 11.4. The molecule has 0 bridgehead atoms. The molecule has 0 spiro atoms. The molecule has 1 aromatic heterocycles. The molecule has 35 heavy (non-hydrogen) atoms. The molecule has 0 saturated heterocycles. The van der Waals surface area contributed by atoms with E-state index in [1.807, 2.05) is 51.1 Å². The number of hydrogen-bond acceptors (Lipinski definition) is 5. The van der Waals surface area contributed by atoms with Gasteiger partial charge in [0.25, 0.3) is 11.5 Å². The Morgan fingerprint density at radius 2 is 1.83 bits per heavy atom. The summed E-state index contributed by atoms with van der Waals surface area (Å²) in [7, 11) is 1.67. The lowest BCUT2D eigenvalue weighted by atomic mass is 9.89. The fraction of sp³-hybridized carbons (Fsp3) is 0.214. The number of nitriles is 1. The molecule has 4 rings (SSSR count). The molecule has 0 aliphatic heterocycles. The maximum Gasteiger partial charge on any atom is 0.260 e. The summed E-state index contributed by atoms with van der Waals surface area (Å²) in [6, 6.07) is 20.6. The van der Waals surface area contributed by atoms with E-state index in [4.69, 9.17) is 0 Å². The van der Waals surface area contributed by atoms with Gasteiger partial charge in [0.1, 0.15) is 0 Å². The van der Waals surface area contributed by atoms with Gasteiger partial charge in [0.05, 0.1) is 29.2 Å². The van der Waals surface area contributed by atoms with Crippen molar-refractivity contribution in [2.45, 2.75) is 26.7 Å². The molecule has 7 heteroatoms. The van der Waals surface area contributed by atoms with Gasteiger partial charge in [0.15, 0.2) is 0 Å². The molecule has 0 aliphatic carbocycles. The second kappa shape index (κ2) is 9.82. The second-order valence-corrected chi connectivity index (χ2v) is 8.98. The SMILES string of the molecule is Cc1ccc(NC(=O)c2cccc(C(C#N)C(C)C)c2)cc1Nc1ccc2ncn(C)c(=O)c2c1. The fourth-order valence-electron chi connectivity index (χ4n) is 3.96. The van der Waals surface area contributed by atoms with Crippen molar-refractivity contribution in [1.82, 2.24) is 9.55 Å². The molecule has 176 valence electrons. The van der Waals surface area contributed by atoms with Crippen LogP contribution in [0.3, 0.4) is 0 Å². The Balaban J connectivity index is 1.57. The smallest absolute Gasteiger partial charge is 0.260 e. The third-order valence-corrected chi connectivity index (χ3v) is 6.01. The molecule has 2 N–H and O–H groups in total. The summed E-state index contributed by atoms with van der Waals surface area (Å²) >= 11 is 0. The largest absolute Gasteiger partial charge is 0.355 e. The van der Waals surface area contributed by atoms with Crippen molar-refractivity contribution >= 4 is 33.9 Å². The lowest BCUT2D eigenvalue weighted by Gasteiger charge is -2.15. The van der Waals surface area contributed by atoms with Crippen LogP contribution in [0, 0.1) is 24.2 Å². The van der Waals surface area contributed by atoms with E-state index in [-0.39, 0.29) is 23.3 Å². The first-order chi connectivity index (χ1) is 16.8. The van der Waals surface area contributed by atoms with Crippen molar-refractivity contribution in [1.29, 1.82) is 5.26 Å². The van der Waals surface area contributed by atoms with Gasteiger partial charge >= 0.3 is 0 Å². The molecule has 0 aliphatic rings. The van der Waals surface area contributed by atoms with E-state index >= 15 is 0 Å². The van der Waals surface area contributed by atoms with E-state index in [9.17, 15) is 14.9 Å². The molecule has 4 aromatic rings. The lowest BCUT2D eigenvalue weighted by molar-refractivity contribution is 0.102. The minimum absolute atomic E-state index is 0.116. The van der Waals surface area contributed by atoms with Gasteiger partial charge in [0.2, 0.25) is 0 Å². The van der Waals surface area contributed by atoms with Crippen LogP contribution in [-0.4, -0.2) is 15.5 Å². The average Bonchev–Trinajstić information content (AvgIpc) is 2.84. The minimum atomic E-state index is -0.271. The van der Waals surface area contributed by atoms with Gasteiger partial charge in [0, 0.05) is 29.7 Å². The number of anilines is 3. The number of nitrogens with one attached hydrogen (secondary N) is 2. The molecule has 7 nitrogen and oxygen atoms in total. The molecular formula is C28H27N5O2. The summed E-state index contributed by atoms with van der Waals surface area (Å²) in [5.74, 6) is -0.371. The summed E-state index contributed by atoms with van der Waals surface area (Å²) < 4.78 is 1.45. The zero-order chi connectivity index (χ0) is 25.1. The van der Waals surface area contributed by atoms with E-state index in [1.54, 1.807) is 37.4 Å². The van der Waals surface area contributed by atoms with Crippen molar-refractivity contribution in [2.24, 2.45) is 13.0 Å². The third kappa shape index (κ3) is 5.07. The molecule has 1 heterocycles. The topological polar surface area (TPSA) is 99.8 Å². The van der Waals surface area contributed by atoms with E-state index < -0.39 is 0 Å². The highest BCUT2D eigenvalue weighted by Crippen LogP contribution is 2.27. The molecule has 0 saturated carbocycles. The van der Waals surface area contributed by atoms with Crippen LogP contribution in [0.15, 0.2) is 71.8 Å². The van der Waals surface area contributed by atoms with Gasteiger partial charge in [-0.05, 0) is 66.4 Å². The van der Waals surface area contributed by atoms with Gasteiger partial charge in [-0.2, -0.15) is 5.26 Å². The number of hydrogen-bond donors (Lipinski definition) is 2. The average molecular weight is 466 g/mol. The normalized spacial score (nSPS) is 11.8. The first-order valence-corrected chi connectivity index (χ1v) is 11.4. The monoisotopic (exact) mass is 465 g/mol. The minimum Gasteiger partial charge on any atom is -0.355 e. The maximum absolute atomic E-state index is 13.0. The Morgan fingerprint density at radius 1 is 1.06 bits per heavy atom. The summed E-state index contributed by atoms with van der Waals surface area (Å²) in [6.45, 7) is 5.95. The molecule has 0 radical (unpaired) electrons. The zero-order valence-electron chi connectivity index (χ0n) is 20.2. The molecule has 0 fully saturated rings. The standard InChI is InChI=1S/C28H27N5O2/c1-17(2)24(15-29)19-6-5-7-20(12-19)27(34)32-22-9-8-18(3)26(14-22)31-21-10-11-25-23(13-21)28(35)33(4)16-30-25/h5-14,16-17,24,31H,1-4H3,(H,32,34). The number of nitrogens with zero attached hydrogens (tertiary/aromatic N) is 3. The Morgan fingerprint density at radius 3 is 2.57 bits per heavy atom. The van der Waals surface area contributed by atoms with Gasteiger partial charge < -0.3 is 15.2 Å². The van der Waals surface area contributed by atoms with Gasteiger partial charge in [-0.3, -0.25) is 9.59 Å². The number of carbonyl (C=O) groups is 1. The summed E-state index contributed by atoms with van der Waals surface area (Å²) in [6.07, 6.45) is 1.51. The lowest BCUT2D eigenvalue weighted by Crippen LogP contribution is -2.16. The predicted molar refractivity (Wildman–Crippen MR) is 139 cm³/mol. The van der Waals surface area contributed by atoms with Gasteiger partial charge in [-0.15, -0.1) is 0 Å². The van der Waals surface area contributed by atoms with Crippen LogP contribution in [0.25, 0.3) is 10.9 Å². The number of benzene rings is 3. The van der Waals surface area contributed by atoms with Crippen LogP contribution < -0.4 is 16.2 Å². The number of aryl methyl sites for hydroxylation is 2. The van der Waals surface area contributed by atoms with E-state index in [0.29, 0.717) is 22.2 Å². The highest BCUT2D eigenvalue weighted by Gasteiger charge is 2.17. The van der Waals surface area contributed by atoms with Crippen molar-refractivity contribution in [3.63, 3.8) is 0 Å². The van der Waals surface area contributed by atoms with Crippen LogP contribution in [0.2, 0.25) is 0 Å². The van der Waals surface area contributed by atoms with E-state index in [1.165, 1.54) is 10.9 Å². The molecule has 1 atom stereocenters. The Bertz CT molecular complexity index is 1510. The highest BCUT2D eigenvalue weighted by molar-refractivity contribution is 6.04. The third-order valence-electron chi connectivity index (χ3n) is 6.01. The van der Waals surface area contributed by atoms with Crippen LogP contribution in [-0.2, 0) is 7.05 Å². The molecule has 1 amide bonds. The molecular weight excluding hydrogens is 438 g/mol. The van der Waals surface area contributed by atoms with Gasteiger partial charge in [-0.1, -0.05) is 32.0 Å². The van der Waals surface area contributed by atoms with Gasteiger partial charge in [-0.25, -0.2) is 4.98 Å². The predicted octanol–water partition coefficient (Wildman–Crippen LogP) is 5.50. The summed E-state index contributed by atoms with van der Waals surface area (Å²) in [5.41, 5.74) is 5.02. The number of rotatable bonds is 6. The summed E-state index contributed by atoms with van der Waals surface area (Å²) in [5, 5.41) is 16.3. The zero-order valence-corrected chi connectivity index (χ0v) is 20.2. The number of fused-ring (bicyclic) bond motifs is 1. The van der Waals surface area contributed by atoms with Crippen LogP contribution in [0.1, 0.15) is 41.3 Å². The quantitative estimate of drug-likeness (QED) is 0.392. The first kappa shape index (κ1) is 23.7. The molecule has 3 aromatic carbocycles. The van der Waals surface area contributed by atoms with Crippen molar-refractivity contribution in [3.8, 4) is 6.07 Å². The fourth-order valence-corrected chi connectivity index (χ4v) is 3.96. The van der Waals surface area contributed by atoms with Crippen molar-refractivity contribution in [3.05, 3.63) is 94.0 Å². The van der Waals surface area contributed by atoms with E-state index in [0.717, 1.165) is 22.5 Å². The van der Waals surface area contributed by atoms with Crippen LogP contribution >= 0.6 is 0 Å². The highest BCUT2D eigenvalue weighted by atomic mass is 16.1. The Labute approximate surface area is 204 Å². The Hall–Kier alpha value is -4.44. The second-order valence-electron chi connectivity index (χ2n) is 8.98. The number of carbonyl (C=O) groups excluding carboxylic acids is 1. The Kier molecular flexibility index (Phi) is 6.65. The van der Waals surface area contributed by atoms with Crippen molar-refractivity contribution < 1.29 is 4.79 Å². The number of amides is 1. The van der Waals surface area contributed by atoms with Crippen molar-refractivity contribution in [2.75, 3.05) is 10.6 Å². The maximum atomic E-state index is 13.0. The van der Waals surface area contributed by atoms with Crippen LogP contribution in [0.4, 0.5) is 17.1 Å².